The minimum Gasteiger partial charge on any atom is -0.222 e. The standard InChI is InChI=1S/C22H25ClF3N3O2S/c1-27-21(17-7-9-19(23)10-8-17)20(16-5-3-2-4-6-16)15-29(27)32(30,31)28-13-11-18(12-14-28)22(24,25)26/h2-10,18,20-21H,11-15H2,1H3. The zero-order valence-corrected chi connectivity index (χ0v) is 19.1. The van der Waals surface area contributed by atoms with E-state index >= 15 is 0 Å². The molecule has 5 nitrogen and oxygen atoms in total. The van der Waals surface area contributed by atoms with Crippen molar-refractivity contribution in [3.63, 3.8) is 0 Å². The Labute approximate surface area is 191 Å². The SMILES string of the molecule is CN1C(c2ccc(Cl)cc2)C(c2ccccc2)CN1S(=O)(=O)N1CCC(C(F)(F)F)CC1. The van der Waals surface area contributed by atoms with Gasteiger partial charge in [0.05, 0.1) is 12.0 Å². The molecule has 2 aliphatic rings. The lowest BCUT2D eigenvalue weighted by Gasteiger charge is -2.36. The minimum atomic E-state index is -4.29. The van der Waals surface area contributed by atoms with E-state index < -0.39 is 22.3 Å². The van der Waals surface area contributed by atoms with E-state index in [-0.39, 0.29) is 44.4 Å². The third-order valence-corrected chi connectivity index (χ3v) is 8.65. The lowest BCUT2D eigenvalue weighted by atomic mass is 9.88. The smallest absolute Gasteiger partial charge is 0.222 e. The molecule has 2 aromatic carbocycles. The van der Waals surface area contributed by atoms with Crippen LogP contribution in [0.1, 0.15) is 35.9 Å². The molecule has 2 aromatic rings. The van der Waals surface area contributed by atoms with Gasteiger partial charge in [-0.2, -0.15) is 25.9 Å². The summed E-state index contributed by atoms with van der Waals surface area (Å²) in [6, 6.07) is 16.7. The maximum Gasteiger partial charge on any atom is 0.391 e. The highest BCUT2D eigenvalue weighted by molar-refractivity contribution is 7.86. The van der Waals surface area contributed by atoms with Gasteiger partial charge in [-0.25, -0.2) is 5.01 Å². The third kappa shape index (κ3) is 4.54. The van der Waals surface area contributed by atoms with Crippen LogP contribution < -0.4 is 0 Å². The first kappa shape index (κ1) is 23.5. The van der Waals surface area contributed by atoms with Gasteiger partial charge in [0.25, 0.3) is 10.2 Å². The molecule has 2 saturated heterocycles. The summed E-state index contributed by atoms with van der Waals surface area (Å²) in [5, 5.41) is 2.27. The predicted molar refractivity (Wildman–Crippen MR) is 117 cm³/mol. The molecule has 2 heterocycles. The predicted octanol–water partition coefficient (Wildman–Crippen LogP) is 4.85. The Kier molecular flexibility index (Phi) is 6.57. The number of piperidine rings is 1. The van der Waals surface area contributed by atoms with Crippen LogP contribution in [0.25, 0.3) is 0 Å². The van der Waals surface area contributed by atoms with Crippen molar-refractivity contribution in [2.24, 2.45) is 5.92 Å². The van der Waals surface area contributed by atoms with Crippen LogP contribution in [0.2, 0.25) is 5.02 Å². The first-order valence-electron chi connectivity index (χ1n) is 10.5. The highest BCUT2D eigenvalue weighted by atomic mass is 35.5. The van der Waals surface area contributed by atoms with Crippen LogP contribution >= 0.6 is 11.6 Å². The number of hydrazine groups is 1. The zero-order chi connectivity index (χ0) is 23.1. The molecule has 2 unspecified atom stereocenters. The Bertz CT molecular complexity index is 1030. The molecular weight excluding hydrogens is 463 g/mol. The van der Waals surface area contributed by atoms with Crippen molar-refractivity contribution in [1.82, 2.24) is 13.7 Å². The van der Waals surface area contributed by atoms with Gasteiger partial charge in [-0.05, 0) is 36.1 Å². The second-order valence-corrected chi connectivity index (χ2v) is 10.6. The summed E-state index contributed by atoms with van der Waals surface area (Å²) < 4.78 is 68.5. The maximum atomic E-state index is 13.5. The molecule has 0 aromatic heterocycles. The van der Waals surface area contributed by atoms with Crippen LogP contribution in [0.15, 0.2) is 54.6 Å². The molecule has 32 heavy (non-hydrogen) atoms. The van der Waals surface area contributed by atoms with Gasteiger partial charge in [-0.1, -0.05) is 54.1 Å². The highest BCUT2D eigenvalue weighted by Gasteiger charge is 2.49. The number of hydrogen-bond donors (Lipinski definition) is 0. The molecule has 10 heteroatoms. The van der Waals surface area contributed by atoms with Crippen molar-refractivity contribution in [3.05, 3.63) is 70.7 Å². The van der Waals surface area contributed by atoms with Crippen molar-refractivity contribution >= 4 is 21.8 Å². The van der Waals surface area contributed by atoms with Gasteiger partial charge in [0.2, 0.25) is 0 Å². The highest BCUT2D eigenvalue weighted by Crippen LogP contribution is 2.44. The van der Waals surface area contributed by atoms with E-state index in [0.29, 0.717) is 5.02 Å². The average molecular weight is 488 g/mol. The number of benzene rings is 2. The maximum absolute atomic E-state index is 13.5. The first-order chi connectivity index (χ1) is 15.1. The molecule has 2 fully saturated rings. The van der Waals surface area contributed by atoms with Gasteiger partial charge < -0.3 is 0 Å². The van der Waals surface area contributed by atoms with Gasteiger partial charge in [-0.15, -0.1) is 4.41 Å². The molecular formula is C22H25ClF3N3O2S. The number of alkyl halides is 3. The lowest BCUT2D eigenvalue weighted by Crippen LogP contribution is -2.51. The van der Waals surface area contributed by atoms with E-state index in [2.05, 4.69) is 0 Å². The Morgan fingerprint density at radius 3 is 2.09 bits per heavy atom. The van der Waals surface area contributed by atoms with Gasteiger partial charge in [-0.3, -0.25) is 0 Å². The quantitative estimate of drug-likeness (QED) is 0.619. The number of nitrogens with zero attached hydrogens (tertiary/aromatic N) is 3. The monoisotopic (exact) mass is 487 g/mol. The number of halogens is 4. The van der Waals surface area contributed by atoms with Crippen molar-refractivity contribution in [1.29, 1.82) is 0 Å². The number of likely N-dealkylation sites (N-methyl/N-ethyl adjacent to an activating group) is 1. The van der Waals surface area contributed by atoms with Crippen LogP contribution in [0.3, 0.4) is 0 Å². The van der Waals surface area contributed by atoms with Crippen LogP contribution in [0.4, 0.5) is 13.2 Å². The van der Waals surface area contributed by atoms with E-state index in [0.717, 1.165) is 11.1 Å². The van der Waals surface area contributed by atoms with Gasteiger partial charge in [0, 0.05) is 37.6 Å². The molecule has 2 aliphatic heterocycles. The van der Waals surface area contributed by atoms with E-state index in [9.17, 15) is 21.6 Å². The molecule has 2 atom stereocenters. The van der Waals surface area contributed by atoms with E-state index in [1.165, 1.54) is 8.72 Å². The summed E-state index contributed by atoms with van der Waals surface area (Å²) in [5.41, 5.74) is 1.91. The van der Waals surface area contributed by atoms with Crippen molar-refractivity contribution in [2.75, 3.05) is 26.7 Å². The Balaban J connectivity index is 1.62. The molecule has 0 aliphatic carbocycles. The fourth-order valence-corrected chi connectivity index (χ4v) is 6.54. The fourth-order valence-electron chi connectivity index (χ4n) is 4.70. The van der Waals surface area contributed by atoms with Crippen molar-refractivity contribution < 1.29 is 21.6 Å². The van der Waals surface area contributed by atoms with Crippen LogP contribution in [0.5, 0.6) is 0 Å². The van der Waals surface area contributed by atoms with Gasteiger partial charge in [0.15, 0.2) is 0 Å². The molecule has 0 saturated carbocycles. The van der Waals surface area contributed by atoms with E-state index in [4.69, 9.17) is 11.6 Å². The summed E-state index contributed by atoms with van der Waals surface area (Å²) in [6.07, 6.45) is -4.73. The van der Waals surface area contributed by atoms with Crippen molar-refractivity contribution in [2.45, 2.75) is 31.0 Å². The normalized spacial score (nSPS) is 24.8. The summed E-state index contributed by atoms with van der Waals surface area (Å²) in [5.74, 6) is -1.60. The summed E-state index contributed by atoms with van der Waals surface area (Å²) in [4.78, 5) is 0. The summed E-state index contributed by atoms with van der Waals surface area (Å²) >= 11 is 6.05. The minimum absolute atomic E-state index is 0.140. The van der Waals surface area contributed by atoms with Gasteiger partial charge >= 0.3 is 6.18 Å². The Morgan fingerprint density at radius 1 is 0.938 bits per heavy atom. The van der Waals surface area contributed by atoms with Crippen LogP contribution in [-0.2, 0) is 10.2 Å². The van der Waals surface area contributed by atoms with Gasteiger partial charge in [0.1, 0.15) is 0 Å². The van der Waals surface area contributed by atoms with E-state index in [1.54, 1.807) is 24.2 Å². The summed E-state index contributed by atoms with van der Waals surface area (Å²) in [6.45, 7) is -0.0771. The van der Waals surface area contributed by atoms with Crippen molar-refractivity contribution in [3.8, 4) is 0 Å². The number of rotatable bonds is 4. The largest absolute Gasteiger partial charge is 0.391 e. The molecule has 0 N–H and O–H groups in total. The lowest BCUT2D eigenvalue weighted by molar-refractivity contribution is -0.182. The Hall–Kier alpha value is -1.65. The molecule has 0 radical (unpaired) electrons. The molecule has 174 valence electrons. The fraction of sp³-hybridized carbons (Fsp3) is 0.455. The second kappa shape index (κ2) is 8.95. The first-order valence-corrected chi connectivity index (χ1v) is 12.2. The second-order valence-electron chi connectivity index (χ2n) is 8.31. The third-order valence-electron chi connectivity index (χ3n) is 6.44. The Morgan fingerprint density at radius 2 is 1.53 bits per heavy atom. The van der Waals surface area contributed by atoms with Crippen LogP contribution in [0, 0.1) is 5.92 Å². The average Bonchev–Trinajstić information content (AvgIpc) is 3.12. The molecule has 0 spiro atoms. The molecule has 0 bridgehead atoms. The molecule has 4 rings (SSSR count). The zero-order valence-electron chi connectivity index (χ0n) is 17.5. The number of hydrogen-bond acceptors (Lipinski definition) is 3. The van der Waals surface area contributed by atoms with E-state index in [1.807, 2.05) is 42.5 Å². The molecule has 0 amide bonds. The van der Waals surface area contributed by atoms with Crippen LogP contribution in [-0.4, -0.2) is 55.0 Å². The summed E-state index contributed by atoms with van der Waals surface area (Å²) in [7, 11) is -2.26. The topological polar surface area (TPSA) is 43.9 Å².